The number of aromatic nitrogens is 1. The van der Waals surface area contributed by atoms with Crippen molar-refractivity contribution < 1.29 is 19.1 Å². The van der Waals surface area contributed by atoms with Gasteiger partial charge in [-0.3, -0.25) is 19.7 Å². The first kappa shape index (κ1) is 20.7. The first-order valence-electron chi connectivity index (χ1n) is 9.91. The summed E-state index contributed by atoms with van der Waals surface area (Å²) in [5, 5.41) is 4.89. The van der Waals surface area contributed by atoms with Crippen LogP contribution in [-0.4, -0.2) is 34.3 Å². The van der Waals surface area contributed by atoms with E-state index in [-0.39, 0.29) is 24.2 Å². The zero-order valence-electron chi connectivity index (χ0n) is 16.9. The zero-order chi connectivity index (χ0) is 21.8. The van der Waals surface area contributed by atoms with E-state index in [1.54, 1.807) is 23.3 Å². The average Bonchev–Trinajstić information content (AvgIpc) is 3.33. The van der Waals surface area contributed by atoms with Crippen molar-refractivity contribution in [3.05, 3.63) is 82.4 Å². The lowest BCUT2D eigenvalue weighted by molar-refractivity contribution is -0.142. The normalized spacial score (nSPS) is 13.6. The first-order valence-corrected chi connectivity index (χ1v) is 10.8. The van der Waals surface area contributed by atoms with E-state index < -0.39 is 6.04 Å². The number of hydrogen-bond acceptors (Lipinski definition) is 6. The number of nitrogens with zero attached hydrogens (tertiary/aromatic N) is 2. The van der Waals surface area contributed by atoms with Gasteiger partial charge in [0.2, 0.25) is 0 Å². The van der Waals surface area contributed by atoms with Crippen LogP contribution in [-0.2, 0) is 27.3 Å². The number of thiazole rings is 1. The Bertz CT molecular complexity index is 1110. The van der Waals surface area contributed by atoms with Crippen molar-refractivity contribution in [2.24, 2.45) is 0 Å². The van der Waals surface area contributed by atoms with Crippen molar-refractivity contribution in [1.82, 2.24) is 9.88 Å². The fourth-order valence-electron chi connectivity index (χ4n) is 3.57. The maximum absolute atomic E-state index is 13.3. The second-order valence-electron chi connectivity index (χ2n) is 7.02. The van der Waals surface area contributed by atoms with Gasteiger partial charge in [-0.2, -0.15) is 0 Å². The number of anilines is 1. The molecule has 0 radical (unpaired) electrons. The molecular weight excluding hydrogens is 414 g/mol. The van der Waals surface area contributed by atoms with Crippen LogP contribution in [0.15, 0.2) is 60.0 Å². The van der Waals surface area contributed by atoms with Crippen LogP contribution >= 0.6 is 11.3 Å². The molecule has 0 bridgehead atoms. The summed E-state index contributed by atoms with van der Waals surface area (Å²) >= 11 is 1.23. The molecule has 4 rings (SSSR count). The summed E-state index contributed by atoms with van der Waals surface area (Å²) in [5.41, 5.74) is 2.75. The van der Waals surface area contributed by atoms with E-state index in [9.17, 15) is 14.4 Å². The number of nitrogens with one attached hydrogen (secondary N) is 1. The number of hydrogen-bond donors (Lipinski definition) is 1. The Morgan fingerprint density at radius 2 is 1.90 bits per heavy atom. The summed E-state index contributed by atoms with van der Waals surface area (Å²) in [7, 11) is 0. The van der Waals surface area contributed by atoms with Crippen molar-refractivity contribution in [1.29, 1.82) is 0 Å². The number of amides is 2. The Morgan fingerprint density at radius 3 is 2.65 bits per heavy atom. The molecule has 0 fully saturated rings. The molecule has 2 amide bonds. The van der Waals surface area contributed by atoms with Crippen LogP contribution in [0.3, 0.4) is 0 Å². The van der Waals surface area contributed by atoms with Gasteiger partial charge in [0, 0.05) is 17.5 Å². The molecule has 31 heavy (non-hydrogen) atoms. The lowest BCUT2D eigenvalue weighted by Gasteiger charge is -2.27. The minimum absolute atomic E-state index is 0.0439. The summed E-state index contributed by atoms with van der Waals surface area (Å²) in [6.07, 6.45) is 0.0439. The monoisotopic (exact) mass is 435 g/mol. The van der Waals surface area contributed by atoms with Gasteiger partial charge in [-0.25, -0.2) is 4.98 Å². The first-order chi connectivity index (χ1) is 15.1. The lowest BCUT2D eigenvalue weighted by atomic mass is 10.0. The second kappa shape index (κ2) is 9.09. The minimum atomic E-state index is -0.807. The van der Waals surface area contributed by atoms with Crippen LogP contribution in [0.2, 0.25) is 0 Å². The van der Waals surface area contributed by atoms with Crippen LogP contribution in [0.25, 0.3) is 0 Å². The van der Waals surface area contributed by atoms with Crippen LogP contribution in [0.1, 0.15) is 40.1 Å². The average molecular weight is 436 g/mol. The van der Waals surface area contributed by atoms with Gasteiger partial charge in [0.15, 0.2) is 5.13 Å². The SMILES string of the molecule is CCOC(=O)Cc1csc(NC(=O)[C@@H](c2ccccc2)N2Cc3ccccc3C2=O)n1. The highest BCUT2D eigenvalue weighted by Gasteiger charge is 2.37. The van der Waals surface area contributed by atoms with Crippen molar-refractivity contribution >= 4 is 34.3 Å². The topological polar surface area (TPSA) is 88.6 Å². The summed E-state index contributed by atoms with van der Waals surface area (Å²) in [5.74, 6) is -0.903. The molecule has 1 aromatic heterocycles. The number of esters is 1. The van der Waals surface area contributed by atoms with Gasteiger partial charge >= 0.3 is 5.97 Å². The molecule has 1 aliphatic rings. The third kappa shape index (κ3) is 4.49. The minimum Gasteiger partial charge on any atom is -0.466 e. The van der Waals surface area contributed by atoms with E-state index >= 15 is 0 Å². The number of carbonyl (C=O) groups is 3. The van der Waals surface area contributed by atoms with Gasteiger partial charge in [-0.1, -0.05) is 48.5 Å². The molecule has 2 aromatic carbocycles. The molecule has 0 spiro atoms. The second-order valence-corrected chi connectivity index (χ2v) is 7.88. The molecular formula is C23H21N3O4S. The third-order valence-corrected chi connectivity index (χ3v) is 5.74. The lowest BCUT2D eigenvalue weighted by Crippen LogP contribution is -2.37. The third-order valence-electron chi connectivity index (χ3n) is 4.94. The molecule has 1 aliphatic heterocycles. The van der Waals surface area contributed by atoms with Crippen molar-refractivity contribution in [2.75, 3.05) is 11.9 Å². The molecule has 8 heteroatoms. The van der Waals surface area contributed by atoms with E-state index in [1.807, 2.05) is 48.5 Å². The van der Waals surface area contributed by atoms with Crippen LogP contribution in [0.5, 0.6) is 0 Å². The quantitative estimate of drug-likeness (QED) is 0.573. The molecule has 1 atom stereocenters. The number of carbonyl (C=O) groups excluding carboxylic acids is 3. The van der Waals surface area contributed by atoms with Crippen LogP contribution in [0, 0.1) is 0 Å². The Morgan fingerprint density at radius 1 is 1.16 bits per heavy atom. The van der Waals surface area contributed by atoms with Gasteiger partial charge in [0.05, 0.1) is 18.7 Å². The summed E-state index contributed by atoms with van der Waals surface area (Å²) in [4.78, 5) is 43.9. The Balaban J connectivity index is 1.56. The standard InChI is InChI=1S/C23H21N3O4S/c1-2-30-19(27)12-17-14-31-23(24-17)25-21(28)20(15-8-4-3-5-9-15)26-13-16-10-6-7-11-18(16)22(26)29/h3-11,14,20H,2,12-13H2,1H3,(H,24,25,28)/t20-/m1/s1. The summed E-state index contributed by atoms with van der Waals surface area (Å²) in [6.45, 7) is 2.40. The molecule has 158 valence electrons. The number of fused-ring (bicyclic) bond motifs is 1. The van der Waals surface area contributed by atoms with E-state index in [1.165, 1.54) is 11.3 Å². The largest absolute Gasteiger partial charge is 0.466 e. The molecule has 2 heterocycles. The molecule has 0 saturated heterocycles. The highest BCUT2D eigenvalue weighted by atomic mass is 32.1. The fourth-order valence-corrected chi connectivity index (χ4v) is 4.29. The number of rotatable bonds is 7. The summed E-state index contributed by atoms with van der Waals surface area (Å²) < 4.78 is 4.94. The molecule has 0 aliphatic carbocycles. The molecule has 0 saturated carbocycles. The maximum Gasteiger partial charge on any atom is 0.311 e. The Kier molecular flexibility index (Phi) is 6.08. The highest BCUT2D eigenvalue weighted by molar-refractivity contribution is 7.13. The molecule has 3 aromatic rings. The van der Waals surface area contributed by atoms with Crippen molar-refractivity contribution in [2.45, 2.75) is 25.9 Å². The van der Waals surface area contributed by atoms with Gasteiger partial charge in [-0.15, -0.1) is 11.3 Å². The number of benzene rings is 2. The fraction of sp³-hybridized carbons (Fsp3) is 0.217. The predicted molar refractivity (Wildman–Crippen MR) is 117 cm³/mol. The van der Waals surface area contributed by atoms with Crippen LogP contribution < -0.4 is 5.32 Å². The van der Waals surface area contributed by atoms with Gasteiger partial charge in [0.1, 0.15) is 6.04 Å². The Labute approximate surface area is 183 Å². The molecule has 7 nitrogen and oxygen atoms in total. The smallest absolute Gasteiger partial charge is 0.311 e. The van der Waals surface area contributed by atoms with Gasteiger partial charge in [0.25, 0.3) is 11.8 Å². The van der Waals surface area contributed by atoms with E-state index in [2.05, 4.69) is 10.3 Å². The Hall–Kier alpha value is -3.52. The zero-order valence-corrected chi connectivity index (χ0v) is 17.7. The summed E-state index contributed by atoms with van der Waals surface area (Å²) in [6, 6.07) is 15.8. The molecule has 1 N–H and O–H groups in total. The van der Waals surface area contributed by atoms with E-state index in [0.717, 1.165) is 5.56 Å². The van der Waals surface area contributed by atoms with E-state index in [4.69, 9.17) is 4.74 Å². The van der Waals surface area contributed by atoms with Crippen molar-refractivity contribution in [3.8, 4) is 0 Å². The van der Waals surface area contributed by atoms with E-state index in [0.29, 0.717) is 35.1 Å². The van der Waals surface area contributed by atoms with Crippen LogP contribution in [0.4, 0.5) is 5.13 Å². The van der Waals surface area contributed by atoms with Gasteiger partial charge < -0.3 is 9.64 Å². The predicted octanol–water partition coefficient (Wildman–Crippen LogP) is 3.58. The maximum atomic E-state index is 13.3. The highest BCUT2D eigenvalue weighted by Crippen LogP contribution is 2.32. The van der Waals surface area contributed by atoms with Gasteiger partial charge in [-0.05, 0) is 24.1 Å². The van der Waals surface area contributed by atoms with Crippen molar-refractivity contribution in [3.63, 3.8) is 0 Å². The number of ether oxygens (including phenoxy) is 1. The molecule has 0 unspecified atom stereocenters.